The molecule has 0 aromatic heterocycles. The van der Waals surface area contributed by atoms with Crippen molar-refractivity contribution in [2.24, 2.45) is 0 Å². The first-order valence-corrected chi connectivity index (χ1v) is 10.5. The lowest BCUT2D eigenvalue weighted by Gasteiger charge is -2.08. The van der Waals surface area contributed by atoms with E-state index in [1.165, 1.54) is 60.8 Å². The van der Waals surface area contributed by atoms with Crippen molar-refractivity contribution in [2.45, 2.75) is 44.9 Å². The fourth-order valence-corrected chi connectivity index (χ4v) is 3.91. The average Bonchev–Trinajstić information content (AvgIpc) is 2.94. The zero-order valence-electron chi connectivity index (χ0n) is 15.3. The quantitative estimate of drug-likeness (QED) is 0.388. The number of rotatable bonds is 8. The van der Waals surface area contributed by atoms with Crippen molar-refractivity contribution >= 4 is 15.9 Å². The number of halogens is 1. The molecular weight excluding hydrogens is 380 g/mol. The molecule has 0 aliphatic heterocycles. The van der Waals surface area contributed by atoms with Gasteiger partial charge in [0, 0.05) is 4.47 Å². The highest BCUT2D eigenvalue weighted by molar-refractivity contribution is 9.10. The summed E-state index contributed by atoms with van der Waals surface area (Å²) in [4.78, 5) is 0. The van der Waals surface area contributed by atoms with Crippen molar-refractivity contribution in [2.75, 3.05) is 0 Å². The summed E-state index contributed by atoms with van der Waals surface area (Å²) in [7, 11) is 0. The van der Waals surface area contributed by atoms with E-state index in [0.29, 0.717) is 0 Å². The van der Waals surface area contributed by atoms with Crippen molar-refractivity contribution in [1.82, 2.24) is 0 Å². The summed E-state index contributed by atoms with van der Waals surface area (Å²) < 4.78 is 1.16. The Balaban J connectivity index is 1.43. The van der Waals surface area contributed by atoms with Crippen LogP contribution in [0, 0.1) is 0 Å². The molecule has 0 saturated heterocycles. The van der Waals surface area contributed by atoms with Gasteiger partial charge in [-0.1, -0.05) is 102 Å². The molecule has 0 heterocycles. The van der Waals surface area contributed by atoms with Crippen LogP contribution in [0.15, 0.2) is 89.0 Å². The number of allylic oxidation sites excluding steroid dienone is 6. The minimum absolute atomic E-state index is 1.07. The third-order valence-corrected chi connectivity index (χ3v) is 5.53. The van der Waals surface area contributed by atoms with E-state index in [1.807, 2.05) is 0 Å². The standard InChI is InChI=1S/C25H27Br/c26-25-19-10-9-18-24(25)23-17-11-16-22(20-23)15-8-4-3-7-14-21-12-5-1-2-6-13-21/h1,5-6,9-13,16-20H,2-4,7-8,14-15H2. The Hall–Kier alpha value is -1.86. The Morgan fingerprint density at radius 2 is 1.65 bits per heavy atom. The van der Waals surface area contributed by atoms with Crippen molar-refractivity contribution in [3.63, 3.8) is 0 Å². The summed E-state index contributed by atoms with van der Waals surface area (Å²) in [6.45, 7) is 0. The van der Waals surface area contributed by atoms with Gasteiger partial charge in [-0.15, -0.1) is 0 Å². The van der Waals surface area contributed by atoms with Gasteiger partial charge in [-0.25, -0.2) is 0 Å². The molecule has 1 heteroatoms. The van der Waals surface area contributed by atoms with Gasteiger partial charge < -0.3 is 0 Å². The highest BCUT2D eigenvalue weighted by Gasteiger charge is 2.03. The Labute approximate surface area is 166 Å². The van der Waals surface area contributed by atoms with Gasteiger partial charge >= 0.3 is 0 Å². The van der Waals surface area contributed by atoms with E-state index < -0.39 is 0 Å². The van der Waals surface area contributed by atoms with Gasteiger partial charge in [0.15, 0.2) is 0 Å². The molecule has 0 atom stereocenters. The molecule has 0 N–H and O–H groups in total. The molecule has 3 rings (SSSR count). The number of hydrogen-bond acceptors (Lipinski definition) is 0. The van der Waals surface area contributed by atoms with Gasteiger partial charge in [-0.3, -0.25) is 0 Å². The fourth-order valence-electron chi connectivity index (χ4n) is 3.39. The molecule has 134 valence electrons. The van der Waals surface area contributed by atoms with E-state index >= 15 is 0 Å². The Kier molecular flexibility index (Phi) is 7.51. The van der Waals surface area contributed by atoms with Crippen LogP contribution in [-0.2, 0) is 6.42 Å². The predicted octanol–water partition coefficient (Wildman–Crippen LogP) is 8.05. The number of hydrogen-bond donors (Lipinski definition) is 0. The maximum Gasteiger partial charge on any atom is 0.0253 e. The van der Waals surface area contributed by atoms with Gasteiger partial charge in [0.1, 0.15) is 0 Å². The van der Waals surface area contributed by atoms with E-state index in [1.54, 1.807) is 0 Å². The van der Waals surface area contributed by atoms with Gasteiger partial charge in [-0.2, -0.15) is 0 Å². The van der Waals surface area contributed by atoms with Crippen LogP contribution in [0.3, 0.4) is 0 Å². The summed E-state index contributed by atoms with van der Waals surface area (Å²) >= 11 is 3.66. The summed E-state index contributed by atoms with van der Waals surface area (Å²) in [6, 6.07) is 17.4. The van der Waals surface area contributed by atoms with Crippen LogP contribution in [0.2, 0.25) is 0 Å². The second kappa shape index (κ2) is 10.3. The SMILES string of the molecule is Brc1ccccc1-c1cccc(CCCCCCC2=CC=CCC=C2)c1. The molecule has 0 fully saturated rings. The van der Waals surface area contributed by atoms with Crippen LogP contribution in [0.5, 0.6) is 0 Å². The molecule has 1 aliphatic rings. The maximum atomic E-state index is 3.66. The highest BCUT2D eigenvalue weighted by Crippen LogP contribution is 2.28. The molecule has 0 unspecified atom stereocenters. The van der Waals surface area contributed by atoms with E-state index in [4.69, 9.17) is 0 Å². The lowest BCUT2D eigenvalue weighted by atomic mass is 9.99. The first kappa shape index (κ1) is 18.9. The molecule has 0 radical (unpaired) electrons. The molecule has 26 heavy (non-hydrogen) atoms. The van der Waals surface area contributed by atoms with Gasteiger partial charge in [0.2, 0.25) is 0 Å². The summed E-state index contributed by atoms with van der Waals surface area (Å²) in [5.41, 5.74) is 5.49. The largest absolute Gasteiger partial charge is 0.0807 e. The van der Waals surface area contributed by atoms with E-state index in [-0.39, 0.29) is 0 Å². The molecule has 1 aliphatic carbocycles. The van der Waals surface area contributed by atoms with E-state index in [9.17, 15) is 0 Å². The average molecular weight is 407 g/mol. The van der Waals surface area contributed by atoms with Gasteiger partial charge in [0.25, 0.3) is 0 Å². The molecule has 2 aromatic rings. The van der Waals surface area contributed by atoms with Crippen molar-refractivity contribution in [3.8, 4) is 11.1 Å². The molecule has 0 nitrogen and oxygen atoms in total. The monoisotopic (exact) mass is 406 g/mol. The Morgan fingerprint density at radius 1 is 0.808 bits per heavy atom. The summed E-state index contributed by atoms with van der Waals surface area (Å²) in [5, 5.41) is 0. The number of aryl methyl sites for hydroxylation is 1. The topological polar surface area (TPSA) is 0 Å². The minimum atomic E-state index is 1.07. The number of unbranched alkanes of at least 4 members (excludes halogenated alkanes) is 3. The van der Waals surface area contributed by atoms with Crippen molar-refractivity contribution < 1.29 is 0 Å². The molecule has 0 saturated carbocycles. The summed E-state index contributed by atoms with van der Waals surface area (Å²) in [5.74, 6) is 0. The smallest absolute Gasteiger partial charge is 0.0253 e. The second-order valence-electron chi connectivity index (χ2n) is 6.90. The van der Waals surface area contributed by atoms with Crippen molar-refractivity contribution in [1.29, 1.82) is 0 Å². The zero-order chi connectivity index (χ0) is 18.0. The fraction of sp³-hybridized carbons (Fsp3) is 0.280. The highest BCUT2D eigenvalue weighted by atomic mass is 79.9. The normalized spacial score (nSPS) is 13.5. The van der Waals surface area contributed by atoms with Gasteiger partial charge in [0.05, 0.1) is 0 Å². The maximum absolute atomic E-state index is 3.66. The third kappa shape index (κ3) is 5.85. The summed E-state index contributed by atoms with van der Waals surface area (Å²) in [6.07, 6.45) is 19.8. The van der Waals surface area contributed by atoms with Crippen LogP contribution in [0.4, 0.5) is 0 Å². The first-order chi connectivity index (χ1) is 12.8. The number of benzene rings is 2. The predicted molar refractivity (Wildman–Crippen MR) is 117 cm³/mol. The molecule has 0 spiro atoms. The molecule has 0 bridgehead atoms. The van der Waals surface area contributed by atoms with Crippen LogP contribution in [0.25, 0.3) is 11.1 Å². The molecule has 2 aromatic carbocycles. The van der Waals surface area contributed by atoms with Crippen molar-refractivity contribution in [3.05, 3.63) is 94.5 Å². The van der Waals surface area contributed by atoms with Crippen LogP contribution >= 0.6 is 15.9 Å². The third-order valence-electron chi connectivity index (χ3n) is 4.84. The molecular formula is C25H27Br. The van der Waals surface area contributed by atoms with Crippen LogP contribution < -0.4 is 0 Å². The first-order valence-electron chi connectivity index (χ1n) is 9.69. The van der Waals surface area contributed by atoms with Crippen LogP contribution in [0.1, 0.15) is 44.1 Å². The molecule has 0 amide bonds. The Bertz CT molecular complexity index is 795. The lowest BCUT2D eigenvalue weighted by Crippen LogP contribution is -1.88. The lowest BCUT2D eigenvalue weighted by molar-refractivity contribution is 0.641. The van der Waals surface area contributed by atoms with Crippen LogP contribution in [-0.4, -0.2) is 0 Å². The van der Waals surface area contributed by atoms with E-state index in [2.05, 4.69) is 94.8 Å². The zero-order valence-corrected chi connectivity index (χ0v) is 16.9. The van der Waals surface area contributed by atoms with E-state index in [0.717, 1.165) is 10.9 Å². The second-order valence-corrected chi connectivity index (χ2v) is 7.76. The minimum Gasteiger partial charge on any atom is -0.0807 e. The Morgan fingerprint density at radius 3 is 2.54 bits per heavy atom. The van der Waals surface area contributed by atoms with Gasteiger partial charge in [-0.05, 0) is 60.4 Å².